The highest BCUT2D eigenvalue weighted by atomic mass is 35.5. The lowest BCUT2D eigenvalue weighted by atomic mass is 10.1. The maximum absolute atomic E-state index is 5.92. The van der Waals surface area contributed by atoms with Crippen LogP contribution in [-0.4, -0.2) is 27.9 Å². The van der Waals surface area contributed by atoms with Crippen molar-refractivity contribution in [3.63, 3.8) is 0 Å². The van der Waals surface area contributed by atoms with E-state index >= 15 is 0 Å². The van der Waals surface area contributed by atoms with Crippen LogP contribution in [0.15, 0.2) is 18.2 Å². The Balaban J connectivity index is 0.00000225. The zero-order valence-electron chi connectivity index (χ0n) is 9.73. The summed E-state index contributed by atoms with van der Waals surface area (Å²) in [4.78, 5) is 0. The fourth-order valence-corrected chi connectivity index (χ4v) is 1.32. The molecule has 0 aromatic heterocycles. The highest BCUT2D eigenvalue weighted by Crippen LogP contribution is 2.25. The predicted molar refractivity (Wildman–Crippen MR) is 65.6 cm³/mol. The molecule has 1 aromatic carbocycles. The van der Waals surface area contributed by atoms with Crippen LogP contribution in [0.1, 0.15) is 11.6 Å². The summed E-state index contributed by atoms with van der Waals surface area (Å²) in [5, 5.41) is 0. The summed E-state index contributed by atoms with van der Waals surface area (Å²) in [5.41, 5.74) is 6.85. The van der Waals surface area contributed by atoms with Gasteiger partial charge in [0.05, 0.1) is 26.9 Å². The van der Waals surface area contributed by atoms with Crippen LogP contribution in [0.2, 0.25) is 0 Å². The fourth-order valence-electron chi connectivity index (χ4n) is 1.32. The lowest BCUT2D eigenvalue weighted by Crippen LogP contribution is -2.16. The van der Waals surface area contributed by atoms with E-state index in [1.54, 1.807) is 21.3 Å². The first-order valence-corrected chi connectivity index (χ1v) is 4.68. The zero-order valence-corrected chi connectivity index (χ0v) is 10.5. The molecule has 16 heavy (non-hydrogen) atoms. The van der Waals surface area contributed by atoms with Gasteiger partial charge in [-0.15, -0.1) is 12.4 Å². The maximum Gasteiger partial charge on any atom is 0.122 e. The number of methoxy groups -OCH3 is 3. The molecule has 0 aliphatic rings. The molecule has 1 rings (SSSR count). The molecule has 0 bridgehead atoms. The normalized spacial score (nSPS) is 11.5. The molecule has 0 fully saturated rings. The second kappa shape index (κ2) is 7.33. The van der Waals surface area contributed by atoms with Gasteiger partial charge in [0, 0.05) is 13.2 Å². The molecule has 92 valence electrons. The molecule has 0 saturated carbocycles. The summed E-state index contributed by atoms with van der Waals surface area (Å²) in [6, 6.07) is 5.40. The Bertz CT molecular complexity index is 298. The smallest absolute Gasteiger partial charge is 0.122 e. The van der Waals surface area contributed by atoms with Gasteiger partial charge < -0.3 is 19.9 Å². The number of rotatable bonds is 5. The van der Waals surface area contributed by atoms with Crippen molar-refractivity contribution in [2.75, 3.05) is 27.9 Å². The van der Waals surface area contributed by atoms with Gasteiger partial charge in [-0.3, -0.25) is 0 Å². The number of nitrogens with two attached hydrogens (primary N) is 1. The second-order valence-corrected chi connectivity index (χ2v) is 3.21. The fraction of sp³-hybridized carbons (Fsp3) is 0.455. The van der Waals surface area contributed by atoms with E-state index in [4.69, 9.17) is 19.9 Å². The van der Waals surface area contributed by atoms with Crippen LogP contribution < -0.4 is 15.2 Å². The Kier molecular flexibility index (Phi) is 6.88. The van der Waals surface area contributed by atoms with Gasteiger partial charge in [0.15, 0.2) is 0 Å². The molecular weight excluding hydrogens is 230 g/mol. The van der Waals surface area contributed by atoms with Crippen LogP contribution in [0.4, 0.5) is 0 Å². The van der Waals surface area contributed by atoms with E-state index in [1.165, 1.54) is 0 Å². The molecule has 0 aliphatic carbocycles. The Hall–Kier alpha value is -0.970. The zero-order chi connectivity index (χ0) is 11.3. The summed E-state index contributed by atoms with van der Waals surface area (Å²) in [6.07, 6.45) is 0. The van der Waals surface area contributed by atoms with Crippen LogP contribution in [0.5, 0.6) is 11.5 Å². The summed E-state index contributed by atoms with van der Waals surface area (Å²) in [7, 11) is 4.85. The number of benzene rings is 1. The first-order chi connectivity index (χ1) is 7.21. The molecule has 0 radical (unpaired) electrons. The van der Waals surface area contributed by atoms with Gasteiger partial charge in [-0.2, -0.15) is 0 Å². The Morgan fingerprint density at radius 1 is 1.06 bits per heavy atom. The molecule has 1 aromatic rings. The highest BCUT2D eigenvalue weighted by molar-refractivity contribution is 5.85. The van der Waals surface area contributed by atoms with E-state index < -0.39 is 0 Å². The largest absolute Gasteiger partial charge is 0.497 e. The summed E-state index contributed by atoms with van der Waals surface area (Å²) in [6.45, 7) is 0.469. The van der Waals surface area contributed by atoms with Crippen LogP contribution in [-0.2, 0) is 4.74 Å². The molecule has 0 spiro atoms. The van der Waals surface area contributed by atoms with Gasteiger partial charge in [-0.25, -0.2) is 0 Å². The number of hydrogen-bond donors (Lipinski definition) is 1. The third kappa shape index (κ3) is 3.89. The van der Waals surface area contributed by atoms with E-state index in [0.29, 0.717) is 6.61 Å². The molecule has 4 nitrogen and oxygen atoms in total. The lowest BCUT2D eigenvalue weighted by Gasteiger charge is -2.13. The number of ether oxygens (including phenoxy) is 3. The summed E-state index contributed by atoms with van der Waals surface area (Å²) < 4.78 is 15.3. The van der Waals surface area contributed by atoms with E-state index in [1.807, 2.05) is 18.2 Å². The van der Waals surface area contributed by atoms with Crippen LogP contribution >= 0.6 is 12.4 Å². The Labute approximate surface area is 102 Å². The maximum atomic E-state index is 5.92. The molecule has 0 saturated heterocycles. The molecule has 2 N–H and O–H groups in total. The molecule has 5 heteroatoms. The Morgan fingerprint density at radius 3 is 1.94 bits per heavy atom. The van der Waals surface area contributed by atoms with E-state index in [9.17, 15) is 0 Å². The topological polar surface area (TPSA) is 53.7 Å². The molecule has 0 heterocycles. The predicted octanol–water partition coefficient (Wildman–Crippen LogP) is 1.77. The van der Waals surface area contributed by atoms with E-state index in [-0.39, 0.29) is 18.4 Å². The minimum absolute atomic E-state index is 0. The monoisotopic (exact) mass is 247 g/mol. The van der Waals surface area contributed by atoms with Crippen molar-refractivity contribution in [3.8, 4) is 11.5 Å². The molecular formula is C11H18ClNO3. The number of hydrogen-bond acceptors (Lipinski definition) is 4. The van der Waals surface area contributed by atoms with Crippen molar-refractivity contribution < 1.29 is 14.2 Å². The van der Waals surface area contributed by atoms with Crippen molar-refractivity contribution in [2.24, 2.45) is 5.73 Å². The third-order valence-corrected chi connectivity index (χ3v) is 2.15. The molecule has 0 aliphatic heterocycles. The van der Waals surface area contributed by atoms with Crippen LogP contribution in [0, 0.1) is 0 Å². The first kappa shape index (κ1) is 15.0. The van der Waals surface area contributed by atoms with E-state index in [2.05, 4.69) is 0 Å². The quantitative estimate of drug-likeness (QED) is 0.862. The first-order valence-electron chi connectivity index (χ1n) is 4.68. The molecule has 0 amide bonds. The van der Waals surface area contributed by atoms with E-state index in [0.717, 1.165) is 17.1 Å². The standard InChI is InChI=1S/C11H17NO3.ClH/c1-13-7-11(12)8-4-9(14-2)6-10(5-8)15-3;/h4-6,11H,7,12H2,1-3H3;1H. The average molecular weight is 248 g/mol. The molecule has 1 atom stereocenters. The Morgan fingerprint density at radius 2 is 1.56 bits per heavy atom. The summed E-state index contributed by atoms with van der Waals surface area (Å²) >= 11 is 0. The highest BCUT2D eigenvalue weighted by Gasteiger charge is 2.09. The van der Waals surface area contributed by atoms with Crippen LogP contribution in [0.3, 0.4) is 0 Å². The second-order valence-electron chi connectivity index (χ2n) is 3.21. The lowest BCUT2D eigenvalue weighted by molar-refractivity contribution is 0.180. The average Bonchev–Trinajstić information content (AvgIpc) is 2.28. The van der Waals surface area contributed by atoms with Crippen molar-refractivity contribution in [1.29, 1.82) is 0 Å². The van der Waals surface area contributed by atoms with Gasteiger partial charge in [0.1, 0.15) is 11.5 Å². The molecule has 1 unspecified atom stereocenters. The van der Waals surface area contributed by atoms with Gasteiger partial charge in [-0.1, -0.05) is 0 Å². The van der Waals surface area contributed by atoms with Gasteiger partial charge in [0.25, 0.3) is 0 Å². The minimum atomic E-state index is -0.168. The van der Waals surface area contributed by atoms with Gasteiger partial charge in [-0.05, 0) is 17.7 Å². The SMILES string of the molecule is COCC(N)c1cc(OC)cc(OC)c1.Cl. The van der Waals surface area contributed by atoms with Gasteiger partial charge in [0.2, 0.25) is 0 Å². The van der Waals surface area contributed by atoms with Crippen molar-refractivity contribution in [3.05, 3.63) is 23.8 Å². The minimum Gasteiger partial charge on any atom is -0.497 e. The third-order valence-electron chi connectivity index (χ3n) is 2.15. The number of halogens is 1. The van der Waals surface area contributed by atoms with Crippen LogP contribution in [0.25, 0.3) is 0 Å². The van der Waals surface area contributed by atoms with Crippen molar-refractivity contribution >= 4 is 12.4 Å². The summed E-state index contributed by atoms with van der Waals surface area (Å²) in [5.74, 6) is 1.46. The van der Waals surface area contributed by atoms with Gasteiger partial charge >= 0.3 is 0 Å². The van der Waals surface area contributed by atoms with Crippen molar-refractivity contribution in [2.45, 2.75) is 6.04 Å². The van der Waals surface area contributed by atoms with Crippen molar-refractivity contribution in [1.82, 2.24) is 0 Å².